The van der Waals surface area contributed by atoms with Crippen LogP contribution in [0.3, 0.4) is 0 Å². The second-order valence-corrected chi connectivity index (χ2v) is 11.8. The number of benzene rings is 2. The number of hydrogen-bond donors (Lipinski definition) is 2. The zero-order valence-electron chi connectivity index (χ0n) is 22.0. The van der Waals surface area contributed by atoms with Gasteiger partial charge in [0.2, 0.25) is 5.56 Å². The number of aryl methyl sites for hydroxylation is 1. The van der Waals surface area contributed by atoms with Gasteiger partial charge in [0.15, 0.2) is 0 Å². The first-order valence-corrected chi connectivity index (χ1v) is 14.4. The van der Waals surface area contributed by atoms with E-state index < -0.39 is 5.54 Å². The summed E-state index contributed by atoms with van der Waals surface area (Å²) >= 11 is 0. The predicted octanol–water partition coefficient (Wildman–Crippen LogP) is 3.09. The second-order valence-electron chi connectivity index (χ2n) is 10.7. The molecule has 1 aliphatic heterocycles. The molecular formula is C30H32N4O3Si. The molecule has 194 valence electrons. The van der Waals surface area contributed by atoms with Crippen LogP contribution in [-0.4, -0.2) is 56.4 Å². The Hall–Kier alpha value is -3.75. The van der Waals surface area contributed by atoms with Gasteiger partial charge in [0.05, 0.1) is 27.0 Å². The van der Waals surface area contributed by atoms with Crippen molar-refractivity contribution in [3.63, 3.8) is 0 Å². The third-order valence-electron chi connectivity index (χ3n) is 8.12. The number of carbonyl (C=O) groups is 1. The van der Waals surface area contributed by atoms with Crippen LogP contribution in [0.4, 0.5) is 0 Å². The summed E-state index contributed by atoms with van der Waals surface area (Å²) in [6.07, 6.45) is 6.36. The lowest BCUT2D eigenvalue weighted by Crippen LogP contribution is -2.53. The predicted molar refractivity (Wildman–Crippen MR) is 153 cm³/mol. The second kappa shape index (κ2) is 9.52. The largest absolute Gasteiger partial charge is 0.494 e. The fraction of sp³-hybridized carbons (Fsp3) is 0.300. The van der Waals surface area contributed by atoms with Crippen LogP contribution in [0.15, 0.2) is 71.8 Å². The summed E-state index contributed by atoms with van der Waals surface area (Å²) < 4.78 is 6.30. The summed E-state index contributed by atoms with van der Waals surface area (Å²) in [5, 5.41) is 4.40. The summed E-state index contributed by atoms with van der Waals surface area (Å²) in [5.41, 5.74) is 4.91. The molecule has 7 nitrogen and oxygen atoms in total. The molecule has 2 aliphatic rings. The van der Waals surface area contributed by atoms with E-state index in [2.05, 4.69) is 39.4 Å². The number of hydrogen-bond acceptors (Lipinski definition) is 5. The molecule has 2 aromatic heterocycles. The number of likely N-dealkylation sites (N-methyl/N-ethyl adjacent to an activating group) is 1. The Balaban J connectivity index is 1.31. The van der Waals surface area contributed by atoms with Crippen molar-refractivity contribution in [2.24, 2.45) is 0 Å². The van der Waals surface area contributed by atoms with E-state index >= 15 is 0 Å². The first-order valence-electron chi connectivity index (χ1n) is 13.2. The highest BCUT2D eigenvalue weighted by Crippen LogP contribution is 2.49. The number of aromatic nitrogens is 2. The molecule has 1 amide bonds. The fourth-order valence-electron chi connectivity index (χ4n) is 5.55. The number of pyridine rings is 2. The van der Waals surface area contributed by atoms with Crippen LogP contribution in [-0.2, 0) is 5.54 Å². The van der Waals surface area contributed by atoms with Gasteiger partial charge in [-0.15, -0.1) is 0 Å². The molecule has 6 rings (SSSR count). The lowest BCUT2D eigenvalue weighted by atomic mass is 9.93. The average molecular weight is 525 g/mol. The van der Waals surface area contributed by atoms with E-state index in [4.69, 9.17) is 4.74 Å². The van der Waals surface area contributed by atoms with Crippen molar-refractivity contribution in [3.05, 3.63) is 94.0 Å². The minimum atomic E-state index is -0.464. The van der Waals surface area contributed by atoms with E-state index in [9.17, 15) is 9.59 Å². The van der Waals surface area contributed by atoms with Crippen LogP contribution in [0, 0.1) is 6.92 Å². The summed E-state index contributed by atoms with van der Waals surface area (Å²) in [5.74, 6) is 0.656. The van der Waals surface area contributed by atoms with Gasteiger partial charge in [-0.3, -0.25) is 14.6 Å². The minimum Gasteiger partial charge on any atom is -0.494 e. The van der Waals surface area contributed by atoms with Crippen molar-refractivity contribution < 1.29 is 9.53 Å². The van der Waals surface area contributed by atoms with Crippen molar-refractivity contribution in [1.29, 1.82) is 0 Å². The van der Waals surface area contributed by atoms with Gasteiger partial charge in [0.1, 0.15) is 5.75 Å². The lowest BCUT2D eigenvalue weighted by molar-refractivity contribution is 0.0562. The standard InChI is InChI=1S/C30H32N4O3Si/c1-18-5-7-21(37-29(38)26-9-13-34(26)2)16-23(18)28(36)33-30(10-11-30)24-14-20(19-6-8-27(35)32-17-19)15-25-22(24)4-3-12-31-25/h3-8,12,14-17,26,29H,9-11,13H2,1-2,38H3,(H,32,35)(H,33,36)/t26-,29?/m0/s1. The van der Waals surface area contributed by atoms with E-state index in [-0.39, 0.29) is 17.2 Å². The van der Waals surface area contributed by atoms with Crippen molar-refractivity contribution >= 4 is 27.1 Å². The van der Waals surface area contributed by atoms with Crippen LogP contribution in [0.1, 0.15) is 40.7 Å². The summed E-state index contributed by atoms with van der Waals surface area (Å²) in [6, 6.07) is 17.8. The van der Waals surface area contributed by atoms with E-state index in [0.717, 1.165) is 75.0 Å². The number of rotatable bonds is 7. The van der Waals surface area contributed by atoms with Crippen molar-refractivity contribution in [1.82, 2.24) is 20.2 Å². The Morgan fingerprint density at radius 3 is 2.71 bits per heavy atom. The van der Waals surface area contributed by atoms with Gasteiger partial charge >= 0.3 is 0 Å². The van der Waals surface area contributed by atoms with E-state index in [1.165, 1.54) is 6.07 Å². The lowest BCUT2D eigenvalue weighted by Gasteiger charge is -2.41. The number of amides is 1. The molecule has 4 aromatic rings. The van der Waals surface area contributed by atoms with Gasteiger partial charge in [0.25, 0.3) is 5.91 Å². The molecule has 1 aliphatic carbocycles. The zero-order chi connectivity index (χ0) is 26.4. The Morgan fingerprint density at radius 2 is 2.03 bits per heavy atom. The monoisotopic (exact) mass is 524 g/mol. The molecule has 2 fully saturated rings. The first kappa shape index (κ1) is 24.6. The molecule has 2 N–H and O–H groups in total. The quantitative estimate of drug-likeness (QED) is 0.363. The van der Waals surface area contributed by atoms with Crippen molar-refractivity contribution in [3.8, 4) is 16.9 Å². The molecule has 2 atom stereocenters. The van der Waals surface area contributed by atoms with Gasteiger partial charge < -0.3 is 19.9 Å². The van der Waals surface area contributed by atoms with E-state index in [1.807, 2.05) is 43.3 Å². The number of nitrogens with one attached hydrogen (secondary N) is 2. The van der Waals surface area contributed by atoms with Gasteiger partial charge in [-0.2, -0.15) is 0 Å². The molecular weight excluding hydrogens is 492 g/mol. The highest BCUT2D eigenvalue weighted by Gasteiger charge is 2.47. The number of ether oxygens (including phenoxy) is 1. The van der Waals surface area contributed by atoms with Crippen molar-refractivity contribution in [2.75, 3.05) is 13.6 Å². The maximum atomic E-state index is 13.7. The van der Waals surface area contributed by atoms with Crippen molar-refractivity contribution in [2.45, 2.75) is 43.5 Å². The fourth-order valence-corrected chi connectivity index (χ4v) is 6.66. The van der Waals surface area contributed by atoms with Gasteiger partial charge in [-0.05, 0) is 98.4 Å². The molecule has 0 bridgehead atoms. The number of likely N-dealkylation sites (tertiary alicyclic amines) is 1. The van der Waals surface area contributed by atoms with Crippen LogP contribution < -0.4 is 15.6 Å². The summed E-state index contributed by atoms with van der Waals surface area (Å²) in [7, 11) is 3.06. The van der Waals surface area contributed by atoms with Gasteiger partial charge in [-0.25, -0.2) is 0 Å². The highest BCUT2D eigenvalue weighted by atomic mass is 28.1. The van der Waals surface area contributed by atoms with Crippen LogP contribution in [0.2, 0.25) is 0 Å². The Labute approximate surface area is 224 Å². The maximum absolute atomic E-state index is 13.7. The smallest absolute Gasteiger partial charge is 0.252 e. The molecule has 8 heteroatoms. The van der Waals surface area contributed by atoms with E-state index in [0.29, 0.717) is 11.6 Å². The van der Waals surface area contributed by atoms with Crippen LogP contribution in [0.5, 0.6) is 5.75 Å². The van der Waals surface area contributed by atoms with Crippen LogP contribution in [0.25, 0.3) is 22.0 Å². The zero-order valence-corrected chi connectivity index (χ0v) is 24.0. The molecule has 1 saturated carbocycles. The third kappa shape index (κ3) is 4.54. The SMILES string of the molecule is Cc1ccc(OC([SiH3])[C@@H]2CCN2C)cc1C(=O)NC1(c2cc(-c3ccc(=O)[nH]c3)cc3ncccc23)CC1. The molecule has 1 saturated heterocycles. The van der Waals surface area contributed by atoms with E-state index in [1.54, 1.807) is 12.4 Å². The Kier molecular flexibility index (Phi) is 6.16. The Morgan fingerprint density at radius 1 is 1.18 bits per heavy atom. The minimum absolute atomic E-state index is 0.0948. The number of aromatic amines is 1. The Bertz CT molecular complexity index is 1580. The molecule has 1 unspecified atom stereocenters. The molecule has 0 radical (unpaired) electrons. The van der Waals surface area contributed by atoms with Gasteiger partial charge in [-0.1, -0.05) is 12.1 Å². The normalized spacial score (nSPS) is 19.1. The molecule has 2 aromatic carbocycles. The maximum Gasteiger partial charge on any atom is 0.252 e. The molecule has 3 heterocycles. The highest BCUT2D eigenvalue weighted by molar-refractivity contribution is 6.11. The third-order valence-corrected chi connectivity index (χ3v) is 9.12. The number of fused-ring (bicyclic) bond motifs is 1. The summed E-state index contributed by atoms with van der Waals surface area (Å²) in [6.45, 7) is 3.08. The molecule has 0 spiro atoms. The number of nitrogens with zero attached hydrogens (tertiary/aromatic N) is 2. The summed E-state index contributed by atoms with van der Waals surface area (Å²) in [4.78, 5) is 35.0. The van der Waals surface area contributed by atoms with Crippen LogP contribution >= 0.6 is 0 Å². The number of H-pyrrole nitrogens is 1. The molecule has 38 heavy (non-hydrogen) atoms. The van der Waals surface area contributed by atoms with Gasteiger partial charge in [0, 0.05) is 35.5 Å². The number of carbonyl (C=O) groups excluding carboxylic acids is 1. The topological polar surface area (TPSA) is 87.3 Å². The average Bonchev–Trinajstić information content (AvgIpc) is 3.68. The first-order chi connectivity index (χ1) is 18.3.